The number of hydrogen-bond donors (Lipinski definition) is 2. The van der Waals surface area contributed by atoms with Gasteiger partial charge in [0.25, 0.3) is 0 Å². The molecule has 3 heterocycles. The van der Waals surface area contributed by atoms with Crippen molar-refractivity contribution in [3.63, 3.8) is 0 Å². The van der Waals surface area contributed by atoms with Gasteiger partial charge in [-0.3, -0.25) is 4.68 Å². The van der Waals surface area contributed by atoms with Crippen molar-refractivity contribution in [2.24, 2.45) is 0 Å². The van der Waals surface area contributed by atoms with Gasteiger partial charge in [0, 0.05) is 49.0 Å². The van der Waals surface area contributed by atoms with Crippen molar-refractivity contribution in [2.45, 2.75) is 25.0 Å². The fraction of sp³-hybridized carbons (Fsp3) is 0.333. The van der Waals surface area contributed by atoms with Gasteiger partial charge in [-0.1, -0.05) is 18.2 Å². The summed E-state index contributed by atoms with van der Waals surface area (Å²) < 4.78 is 4.13. The number of nitrogens with zero attached hydrogens (tertiary/aromatic N) is 4. The first kappa shape index (κ1) is 15.1. The van der Waals surface area contributed by atoms with Gasteiger partial charge in [-0.15, -0.1) is 0 Å². The Bertz CT molecular complexity index is 795. The summed E-state index contributed by atoms with van der Waals surface area (Å²) in [5.41, 5.74) is 2.31. The Balaban J connectivity index is 1.59. The molecule has 0 aliphatic carbocycles. The van der Waals surface area contributed by atoms with E-state index in [-0.39, 0.29) is 12.6 Å². The highest BCUT2D eigenvalue weighted by molar-refractivity contribution is 5.57. The van der Waals surface area contributed by atoms with E-state index in [0.29, 0.717) is 6.04 Å². The zero-order valence-corrected chi connectivity index (χ0v) is 13.4. The van der Waals surface area contributed by atoms with Gasteiger partial charge in [-0.2, -0.15) is 5.10 Å². The van der Waals surface area contributed by atoms with Gasteiger partial charge in [0.2, 0.25) is 0 Å². The predicted molar refractivity (Wildman–Crippen MR) is 91.5 cm³/mol. The first-order chi connectivity index (χ1) is 11.8. The van der Waals surface area contributed by atoms with Crippen LogP contribution in [0.2, 0.25) is 0 Å². The van der Waals surface area contributed by atoms with Crippen LogP contribution in [-0.2, 0) is 6.54 Å². The molecule has 24 heavy (non-hydrogen) atoms. The Hall–Kier alpha value is -2.44. The van der Waals surface area contributed by atoms with Gasteiger partial charge in [0.1, 0.15) is 5.82 Å². The monoisotopic (exact) mass is 323 g/mol. The molecule has 1 saturated heterocycles. The number of aliphatic hydroxyl groups excluding tert-OH is 1. The van der Waals surface area contributed by atoms with Gasteiger partial charge in [-0.05, 0) is 24.1 Å². The van der Waals surface area contributed by atoms with Crippen molar-refractivity contribution in [2.75, 3.05) is 13.2 Å². The molecule has 1 aliphatic rings. The fourth-order valence-corrected chi connectivity index (χ4v) is 3.37. The second kappa shape index (κ2) is 6.59. The van der Waals surface area contributed by atoms with Crippen molar-refractivity contribution in [3.05, 3.63) is 60.7 Å². The van der Waals surface area contributed by atoms with E-state index >= 15 is 0 Å². The van der Waals surface area contributed by atoms with Gasteiger partial charge < -0.3 is 15.0 Å². The molecule has 3 aromatic rings. The Labute approximate surface area is 140 Å². The van der Waals surface area contributed by atoms with E-state index in [4.69, 9.17) is 0 Å². The quantitative estimate of drug-likeness (QED) is 0.750. The molecule has 2 aromatic heterocycles. The van der Waals surface area contributed by atoms with Crippen molar-refractivity contribution in [3.8, 4) is 11.4 Å². The molecule has 2 atom stereocenters. The summed E-state index contributed by atoms with van der Waals surface area (Å²) in [6.07, 6.45) is 8.56. The van der Waals surface area contributed by atoms with Crippen LogP contribution in [0.1, 0.15) is 18.0 Å². The fourth-order valence-electron chi connectivity index (χ4n) is 3.37. The maximum absolute atomic E-state index is 9.33. The standard InChI is InChI=1S/C18H21N5O/c24-13-16-10-17(11-20-16)23-8-6-19-18(23)15-4-1-3-14(9-15)12-22-7-2-5-21-22/h1-9,16-17,20,24H,10-13H2/t16-,17+/m1/s1. The second-order valence-electron chi connectivity index (χ2n) is 6.24. The first-order valence-corrected chi connectivity index (χ1v) is 8.27. The lowest BCUT2D eigenvalue weighted by Crippen LogP contribution is -2.24. The maximum atomic E-state index is 9.33. The van der Waals surface area contributed by atoms with Crippen molar-refractivity contribution < 1.29 is 5.11 Å². The summed E-state index contributed by atoms with van der Waals surface area (Å²) >= 11 is 0. The molecule has 4 rings (SSSR count). The van der Waals surface area contributed by atoms with Crippen LogP contribution >= 0.6 is 0 Å². The van der Waals surface area contributed by atoms with Crippen LogP contribution in [0.4, 0.5) is 0 Å². The summed E-state index contributed by atoms with van der Waals surface area (Å²) in [4.78, 5) is 4.57. The summed E-state index contributed by atoms with van der Waals surface area (Å²) in [5, 5.41) is 17.0. The minimum atomic E-state index is 0.177. The normalized spacial score (nSPS) is 20.5. The minimum Gasteiger partial charge on any atom is -0.395 e. The van der Waals surface area contributed by atoms with Gasteiger partial charge >= 0.3 is 0 Å². The van der Waals surface area contributed by atoms with Crippen LogP contribution < -0.4 is 5.32 Å². The van der Waals surface area contributed by atoms with Gasteiger partial charge in [-0.25, -0.2) is 4.98 Å². The van der Waals surface area contributed by atoms with Crippen LogP contribution in [0, 0.1) is 0 Å². The van der Waals surface area contributed by atoms with Crippen molar-refractivity contribution >= 4 is 0 Å². The molecule has 0 unspecified atom stereocenters. The molecule has 6 nitrogen and oxygen atoms in total. The number of aliphatic hydroxyl groups is 1. The van der Waals surface area contributed by atoms with E-state index in [1.807, 2.05) is 29.3 Å². The number of benzene rings is 1. The average Bonchev–Trinajstić information content (AvgIpc) is 3.35. The Morgan fingerprint density at radius 1 is 1.21 bits per heavy atom. The summed E-state index contributed by atoms with van der Waals surface area (Å²) in [5.74, 6) is 0.975. The van der Waals surface area contributed by atoms with Gasteiger partial charge in [0.15, 0.2) is 0 Å². The molecule has 0 amide bonds. The highest BCUT2D eigenvalue weighted by Gasteiger charge is 2.26. The lowest BCUT2D eigenvalue weighted by atomic mass is 10.1. The zero-order chi connectivity index (χ0) is 16.4. The SMILES string of the molecule is OC[C@H]1C[C@H](n2ccnc2-c2cccc(Cn3cccn3)c2)CN1. The molecule has 6 heteroatoms. The number of aromatic nitrogens is 4. The van der Waals surface area contributed by atoms with E-state index in [1.165, 1.54) is 5.56 Å². The lowest BCUT2D eigenvalue weighted by molar-refractivity contribution is 0.253. The number of nitrogens with one attached hydrogen (secondary N) is 1. The molecule has 0 saturated carbocycles. The Kier molecular flexibility index (Phi) is 4.15. The molecular weight excluding hydrogens is 302 g/mol. The first-order valence-electron chi connectivity index (χ1n) is 8.27. The molecule has 1 aromatic carbocycles. The van der Waals surface area contributed by atoms with E-state index in [1.54, 1.807) is 6.20 Å². The predicted octanol–water partition coefficient (Wildman–Crippen LogP) is 1.69. The van der Waals surface area contributed by atoms with E-state index in [9.17, 15) is 5.11 Å². The molecule has 2 N–H and O–H groups in total. The largest absolute Gasteiger partial charge is 0.395 e. The summed E-state index contributed by atoms with van der Waals surface area (Å²) in [7, 11) is 0. The minimum absolute atomic E-state index is 0.177. The van der Waals surface area contributed by atoms with E-state index in [2.05, 4.69) is 44.2 Å². The van der Waals surface area contributed by atoms with Crippen molar-refractivity contribution in [1.82, 2.24) is 24.6 Å². The van der Waals surface area contributed by atoms with Crippen LogP contribution in [-0.4, -0.2) is 43.6 Å². The molecule has 0 bridgehead atoms. The van der Waals surface area contributed by atoms with Crippen LogP contribution in [0.25, 0.3) is 11.4 Å². The summed E-state index contributed by atoms with van der Waals surface area (Å²) in [6, 6.07) is 10.9. The number of hydrogen-bond acceptors (Lipinski definition) is 4. The van der Waals surface area contributed by atoms with E-state index < -0.39 is 0 Å². The molecular formula is C18H21N5O. The number of imidazole rings is 1. The molecule has 124 valence electrons. The van der Waals surface area contributed by atoms with Crippen LogP contribution in [0.5, 0.6) is 0 Å². The maximum Gasteiger partial charge on any atom is 0.140 e. The molecule has 1 aliphatic heterocycles. The Morgan fingerprint density at radius 3 is 2.96 bits per heavy atom. The van der Waals surface area contributed by atoms with E-state index in [0.717, 1.165) is 30.9 Å². The highest BCUT2D eigenvalue weighted by Crippen LogP contribution is 2.27. The molecule has 0 spiro atoms. The molecule has 0 radical (unpaired) electrons. The topological polar surface area (TPSA) is 67.9 Å². The average molecular weight is 323 g/mol. The third kappa shape index (κ3) is 2.98. The number of rotatable bonds is 5. The Morgan fingerprint density at radius 2 is 2.17 bits per heavy atom. The second-order valence-corrected chi connectivity index (χ2v) is 6.24. The third-order valence-electron chi connectivity index (χ3n) is 4.57. The van der Waals surface area contributed by atoms with Crippen LogP contribution in [0.15, 0.2) is 55.1 Å². The zero-order valence-electron chi connectivity index (χ0n) is 13.4. The van der Waals surface area contributed by atoms with Crippen LogP contribution in [0.3, 0.4) is 0 Å². The highest BCUT2D eigenvalue weighted by atomic mass is 16.3. The smallest absolute Gasteiger partial charge is 0.140 e. The summed E-state index contributed by atoms with van der Waals surface area (Å²) in [6.45, 7) is 1.79. The van der Waals surface area contributed by atoms with Gasteiger partial charge in [0.05, 0.1) is 13.2 Å². The third-order valence-corrected chi connectivity index (χ3v) is 4.57. The van der Waals surface area contributed by atoms with Crippen molar-refractivity contribution in [1.29, 1.82) is 0 Å². The lowest BCUT2D eigenvalue weighted by Gasteiger charge is -2.15. The molecule has 1 fully saturated rings.